The van der Waals surface area contributed by atoms with E-state index in [9.17, 15) is 9.59 Å². The minimum atomic E-state index is -1.29. The molecule has 1 unspecified atom stereocenters. The molecule has 0 aromatic heterocycles. The van der Waals surface area contributed by atoms with E-state index in [0.29, 0.717) is 13.0 Å². The van der Waals surface area contributed by atoms with Gasteiger partial charge >= 0.3 is 11.9 Å². The number of nitrogens with two attached hydrogens (primary N) is 2. The maximum atomic E-state index is 9.85. The van der Waals surface area contributed by atoms with Crippen molar-refractivity contribution in [2.75, 3.05) is 6.54 Å². The highest BCUT2D eigenvalue weighted by molar-refractivity contribution is 5.80. The summed E-state index contributed by atoms with van der Waals surface area (Å²) in [6, 6.07) is 3.42. The normalized spacial score (nSPS) is 11.1. The highest BCUT2D eigenvalue weighted by Gasteiger charge is 2.14. The largest absolute Gasteiger partial charge is 0.504 e. The Hall–Kier alpha value is -2.32. The van der Waals surface area contributed by atoms with Crippen LogP contribution in [0, 0.1) is 0 Å². The molecule has 0 saturated heterocycles. The lowest BCUT2D eigenvalue weighted by molar-refractivity contribution is -0.144. The zero-order chi connectivity index (χ0) is 15.7. The van der Waals surface area contributed by atoms with Crippen LogP contribution in [0.4, 0.5) is 0 Å². The highest BCUT2D eigenvalue weighted by Crippen LogP contribution is 2.24. The topological polar surface area (TPSA) is 167 Å². The van der Waals surface area contributed by atoms with Crippen LogP contribution < -0.4 is 11.5 Å². The van der Waals surface area contributed by atoms with Crippen LogP contribution in [0.1, 0.15) is 12.0 Å². The monoisotopic (exact) mass is 286 g/mol. The minimum Gasteiger partial charge on any atom is -0.504 e. The van der Waals surface area contributed by atoms with Gasteiger partial charge in [-0.05, 0) is 30.7 Å². The van der Waals surface area contributed by atoms with Gasteiger partial charge in [-0.3, -0.25) is 9.59 Å². The lowest BCUT2D eigenvalue weighted by atomic mass is 10.1. The summed E-state index contributed by atoms with van der Waals surface area (Å²) in [5, 5.41) is 34.0. The molecule has 0 amide bonds. The summed E-state index contributed by atoms with van der Waals surface area (Å²) in [7, 11) is 0. The molecule has 0 saturated carbocycles. The molecule has 1 rings (SSSR count). The standard InChI is InChI=1S/C8H11NO2.C4H7NO4/c9-4-3-6-1-2-7(10)8(11)5-6;5-2(4(8)9)1-3(6)7/h1-2,5,10-11H,3-4,9H2;2H,1,5H2,(H,6,7)(H,8,9). The molecule has 0 aliphatic rings. The Bertz CT molecular complexity index is 463. The molecular weight excluding hydrogens is 268 g/mol. The predicted octanol–water partition coefficient (Wildman–Crippen LogP) is -0.528. The van der Waals surface area contributed by atoms with E-state index < -0.39 is 24.4 Å². The molecule has 1 aromatic rings. The Morgan fingerprint density at radius 3 is 2.10 bits per heavy atom. The fourth-order valence-corrected chi connectivity index (χ4v) is 1.17. The number of carboxylic acids is 2. The Morgan fingerprint density at radius 1 is 1.15 bits per heavy atom. The van der Waals surface area contributed by atoms with Crippen LogP contribution in [0.25, 0.3) is 0 Å². The summed E-state index contributed by atoms with van der Waals surface area (Å²) in [5.41, 5.74) is 11.1. The van der Waals surface area contributed by atoms with E-state index in [4.69, 9.17) is 31.9 Å². The van der Waals surface area contributed by atoms with E-state index in [2.05, 4.69) is 0 Å². The first-order valence-electron chi connectivity index (χ1n) is 5.69. The summed E-state index contributed by atoms with van der Waals surface area (Å²) >= 11 is 0. The second-order valence-electron chi connectivity index (χ2n) is 3.90. The molecule has 1 aromatic carbocycles. The second kappa shape index (κ2) is 8.73. The Balaban J connectivity index is 0.000000370. The van der Waals surface area contributed by atoms with Crippen LogP contribution in [0.3, 0.4) is 0 Å². The van der Waals surface area contributed by atoms with Crippen LogP contribution >= 0.6 is 0 Å². The molecule has 0 heterocycles. The van der Waals surface area contributed by atoms with Crippen LogP contribution in [0.2, 0.25) is 0 Å². The third-order valence-electron chi connectivity index (χ3n) is 2.18. The maximum Gasteiger partial charge on any atom is 0.321 e. The lowest BCUT2D eigenvalue weighted by Crippen LogP contribution is -2.32. The summed E-state index contributed by atoms with van der Waals surface area (Å²) in [4.78, 5) is 19.6. The first kappa shape index (κ1) is 17.7. The lowest BCUT2D eigenvalue weighted by Gasteiger charge is -2.00. The highest BCUT2D eigenvalue weighted by atomic mass is 16.4. The minimum absolute atomic E-state index is 0.0871. The number of carbonyl (C=O) groups is 2. The van der Waals surface area contributed by atoms with Crippen molar-refractivity contribution in [2.24, 2.45) is 11.5 Å². The molecular formula is C12H18N2O6. The molecule has 0 radical (unpaired) electrons. The van der Waals surface area contributed by atoms with E-state index in [-0.39, 0.29) is 11.5 Å². The summed E-state index contributed by atoms with van der Waals surface area (Å²) in [6.07, 6.45) is 0.184. The number of aliphatic carboxylic acids is 2. The molecule has 0 aliphatic heterocycles. The van der Waals surface area contributed by atoms with Crippen molar-refractivity contribution in [3.63, 3.8) is 0 Å². The first-order chi connectivity index (χ1) is 9.27. The van der Waals surface area contributed by atoms with Crippen molar-refractivity contribution < 1.29 is 30.0 Å². The van der Waals surface area contributed by atoms with Crippen molar-refractivity contribution in [1.82, 2.24) is 0 Å². The van der Waals surface area contributed by atoms with Gasteiger partial charge in [0.15, 0.2) is 11.5 Å². The van der Waals surface area contributed by atoms with E-state index >= 15 is 0 Å². The van der Waals surface area contributed by atoms with E-state index in [0.717, 1.165) is 5.56 Å². The van der Waals surface area contributed by atoms with E-state index in [1.165, 1.54) is 12.1 Å². The third kappa shape index (κ3) is 7.19. The van der Waals surface area contributed by atoms with Crippen molar-refractivity contribution in [1.29, 1.82) is 0 Å². The number of rotatable bonds is 5. The zero-order valence-electron chi connectivity index (χ0n) is 10.7. The molecule has 8 N–H and O–H groups in total. The van der Waals surface area contributed by atoms with E-state index in [1.54, 1.807) is 6.07 Å². The van der Waals surface area contributed by atoms with Gasteiger partial charge in [-0.25, -0.2) is 0 Å². The maximum absolute atomic E-state index is 9.85. The van der Waals surface area contributed by atoms with Gasteiger partial charge in [0.1, 0.15) is 6.04 Å². The molecule has 112 valence electrons. The Labute approximate surface area is 115 Å². The Morgan fingerprint density at radius 2 is 1.75 bits per heavy atom. The van der Waals surface area contributed by atoms with Gasteiger partial charge in [-0.15, -0.1) is 0 Å². The van der Waals surface area contributed by atoms with Gasteiger partial charge in [0, 0.05) is 0 Å². The number of phenols is 2. The number of aromatic hydroxyl groups is 2. The predicted molar refractivity (Wildman–Crippen MR) is 70.4 cm³/mol. The number of carboxylic acid groups (broad SMARTS) is 2. The average Bonchev–Trinajstić information content (AvgIpc) is 2.34. The fraction of sp³-hybridized carbons (Fsp3) is 0.333. The number of phenolic OH excluding ortho intramolecular Hbond substituents is 2. The zero-order valence-corrected chi connectivity index (χ0v) is 10.7. The van der Waals surface area contributed by atoms with Gasteiger partial charge in [0.25, 0.3) is 0 Å². The van der Waals surface area contributed by atoms with Crippen LogP contribution in [-0.2, 0) is 16.0 Å². The molecule has 8 heteroatoms. The van der Waals surface area contributed by atoms with Crippen LogP contribution in [0.15, 0.2) is 18.2 Å². The molecule has 0 aliphatic carbocycles. The smallest absolute Gasteiger partial charge is 0.321 e. The average molecular weight is 286 g/mol. The summed E-state index contributed by atoms with van der Waals surface area (Å²) in [6.45, 7) is 0.546. The van der Waals surface area contributed by atoms with Crippen LogP contribution in [-0.4, -0.2) is 45.0 Å². The SMILES string of the molecule is NC(CC(=O)O)C(=O)O.NCCc1ccc(O)c(O)c1. The number of hydrogen-bond donors (Lipinski definition) is 6. The second-order valence-corrected chi connectivity index (χ2v) is 3.90. The van der Waals surface area contributed by atoms with E-state index in [1.807, 2.05) is 0 Å². The molecule has 1 atom stereocenters. The molecule has 0 bridgehead atoms. The molecule has 20 heavy (non-hydrogen) atoms. The van der Waals surface area contributed by atoms with Crippen LogP contribution in [0.5, 0.6) is 11.5 Å². The fourth-order valence-electron chi connectivity index (χ4n) is 1.17. The van der Waals surface area contributed by atoms with Gasteiger partial charge in [-0.1, -0.05) is 6.07 Å². The quantitative estimate of drug-likeness (QED) is 0.393. The van der Waals surface area contributed by atoms with Crippen molar-refractivity contribution in [3.8, 4) is 11.5 Å². The van der Waals surface area contributed by atoms with Gasteiger partial charge in [0.05, 0.1) is 6.42 Å². The molecule has 0 fully saturated rings. The van der Waals surface area contributed by atoms with Crippen molar-refractivity contribution >= 4 is 11.9 Å². The van der Waals surface area contributed by atoms with Gasteiger partial charge < -0.3 is 31.9 Å². The van der Waals surface area contributed by atoms with Crippen molar-refractivity contribution in [2.45, 2.75) is 18.9 Å². The molecule has 8 nitrogen and oxygen atoms in total. The first-order valence-corrected chi connectivity index (χ1v) is 5.69. The van der Waals surface area contributed by atoms with Gasteiger partial charge in [0.2, 0.25) is 0 Å². The van der Waals surface area contributed by atoms with Crippen molar-refractivity contribution in [3.05, 3.63) is 23.8 Å². The molecule has 0 spiro atoms. The summed E-state index contributed by atoms with van der Waals surface area (Å²) < 4.78 is 0. The van der Waals surface area contributed by atoms with Gasteiger partial charge in [-0.2, -0.15) is 0 Å². The number of hydrogen-bond acceptors (Lipinski definition) is 6. The number of benzene rings is 1. The summed E-state index contributed by atoms with van der Waals surface area (Å²) in [5.74, 6) is -2.68. The third-order valence-corrected chi connectivity index (χ3v) is 2.18. The Kier molecular flexibility index (Phi) is 7.71.